The molecule has 1 unspecified atom stereocenters. The van der Waals surface area contributed by atoms with Gasteiger partial charge in [-0.05, 0) is 12.1 Å². The minimum absolute atomic E-state index is 0.0802. The highest BCUT2D eigenvalue weighted by Gasteiger charge is 2.21. The molecule has 2 rings (SSSR count). The van der Waals surface area contributed by atoms with E-state index in [0.29, 0.717) is 25.9 Å². The van der Waals surface area contributed by atoms with E-state index in [-0.39, 0.29) is 11.9 Å². The third-order valence-electron chi connectivity index (χ3n) is 3.19. The summed E-state index contributed by atoms with van der Waals surface area (Å²) < 4.78 is 5.29. The maximum Gasteiger partial charge on any atom is 0.224 e. The van der Waals surface area contributed by atoms with Crippen molar-refractivity contribution in [3.05, 3.63) is 24.2 Å². The summed E-state index contributed by atoms with van der Waals surface area (Å²) in [7, 11) is 0. The van der Waals surface area contributed by atoms with Gasteiger partial charge in [-0.3, -0.25) is 4.79 Å². The lowest BCUT2D eigenvalue weighted by Gasteiger charge is -2.26. The molecule has 108 valence electrons. The monoisotopic (exact) mass is 293 g/mol. The Morgan fingerprint density at radius 3 is 3.20 bits per heavy atom. The molecule has 0 saturated carbocycles. The number of carbonyl (C=O) groups is 1. The van der Waals surface area contributed by atoms with Gasteiger partial charge >= 0.3 is 0 Å². The standard InChI is InChI=1S/C14H19N3O2S/c15-4-2-6-17(10-13-3-1-7-19-13)14(18)9-12-11-20-8-5-16-12/h1,3,7,12,16H,2,5-6,8-11H2. The Bertz CT molecular complexity index is 449. The Labute approximate surface area is 123 Å². The lowest BCUT2D eigenvalue weighted by molar-refractivity contribution is -0.132. The van der Waals surface area contributed by atoms with E-state index in [4.69, 9.17) is 9.68 Å². The van der Waals surface area contributed by atoms with E-state index in [1.165, 1.54) is 0 Å². The average Bonchev–Trinajstić information content (AvgIpc) is 2.97. The molecule has 5 nitrogen and oxygen atoms in total. The van der Waals surface area contributed by atoms with Gasteiger partial charge in [0, 0.05) is 37.1 Å². The molecule has 1 saturated heterocycles. The SMILES string of the molecule is N#CCCN(Cc1ccco1)C(=O)CC1CSCCN1. The molecule has 1 aliphatic rings. The zero-order valence-corrected chi connectivity index (χ0v) is 12.2. The second-order valence-electron chi connectivity index (χ2n) is 4.73. The summed E-state index contributed by atoms with van der Waals surface area (Å²) in [6.45, 7) is 1.85. The molecule has 0 aliphatic carbocycles. The van der Waals surface area contributed by atoms with Crippen molar-refractivity contribution in [1.82, 2.24) is 10.2 Å². The first-order valence-electron chi connectivity index (χ1n) is 6.78. The third-order valence-corrected chi connectivity index (χ3v) is 4.32. The van der Waals surface area contributed by atoms with Gasteiger partial charge in [0.15, 0.2) is 0 Å². The van der Waals surface area contributed by atoms with Crippen LogP contribution in [-0.4, -0.2) is 41.4 Å². The quantitative estimate of drug-likeness (QED) is 0.863. The molecule has 1 aliphatic heterocycles. The minimum Gasteiger partial charge on any atom is -0.467 e. The number of thioether (sulfide) groups is 1. The second kappa shape index (κ2) is 7.98. The van der Waals surface area contributed by atoms with Crippen molar-refractivity contribution >= 4 is 17.7 Å². The van der Waals surface area contributed by atoms with E-state index < -0.39 is 0 Å². The molecule has 0 radical (unpaired) electrons. The Morgan fingerprint density at radius 1 is 1.65 bits per heavy atom. The Morgan fingerprint density at radius 2 is 2.55 bits per heavy atom. The number of nitriles is 1. The van der Waals surface area contributed by atoms with Crippen LogP contribution in [0.25, 0.3) is 0 Å². The van der Waals surface area contributed by atoms with E-state index in [9.17, 15) is 4.79 Å². The Kier molecular flexibility index (Phi) is 5.96. The highest BCUT2D eigenvalue weighted by Crippen LogP contribution is 2.13. The van der Waals surface area contributed by atoms with E-state index in [1.807, 2.05) is 23.9 Å². The maximum absolute atomic E-state index is 12.4. The average molecular weight is 293 g/mol. The van der Waals surface area contributed by atoms with Crippen LogP contribution in [-0.2, 0) is 11.3 Å². The molecular formula is C14H19N3O2S. The van der Waals surface area contributed by atoms with Crippen LogP contribution in [0.15, 0.2) is 22.8 Å². The number of nitrogens with one attached hydrogen (secondary N) is 1. The molecule has 0 aromatic carbocycles. The first-order valence-corrected chi connectivity index (χ1v) is 7.93. The Balaban J connectivity index is 1.90. The lowest BCUT2D eigenvalue weighted by Crippen LogP contribution is -2.42. The number of hydrogen-bond donors (Lipinski definition) is 1. The first-order chi connectivity index (χ1) is 9.79. The molecule has 1 N–H and O–H groups in total. The topological polar surface area (TPSA) is 69.3 Å². The van der Waals surface area contributed by atoms with Gasteiger partial charge in [0.25, 0.3) is 0 Å². The molecule has 20 heavy (non-hydrogen) atoms. The van der Waals surface area contributed by atoms with Gasteiger partial charge in [0.05, 0.1) is 25.3 Å². The highest BCUT2D eigenvalue weighted by atomic mass is 32.2. The van der Waals surface area contributed by atoms with Gasteiger partial charge in [-0.25, -0.2) is 0 Å². The predicted molar refractivity (Wildman–Crippen MR) is 78.1 cm³/mol. The number of carbonyl (C=O) groups excluding carboxylic acids is 1. The molecule has 0 spiro atoms. The summed E-state index contributed by atoms with van der Waals surface area (Å²) >= 11 is 1.88. The predicted octanol–water partition coefficient (Wildman–Crippen LogP) is 1.62. The van der Waals surface area contributed by atoms with Gasteiger partial charge in [0.2, 0.25) is 5.91 Å². The smallest absolute Gasteiger partial charge is 0.224 e. The van der Waals surface area contributed by atoms with Gasteiger partial charge in [-0.2, -0.15) is 17.0 Å². The normalized spacial score (nSPS) is 18.4. The molecule has 0 bridgehead atoms. The van der Waals surface area contributed by atoms with Gasteiger partial charge in [-0.15, -0.1) is 0 Å². The molecule has 1 atom stereocenters. The summed E-state index contributed by atoms with van der Waals surface area (Å²) in [4.78, 5) is 14.1. The third kappa shape index (κ3) is 4.58. The highest BCUT2D eigenvalue weighted by molar-refractivity contribution is 7.99. The summed E-state index contributed by atoms with van der Waals surface area (Å²) in [5.41, 5.74) is 0. The number of hydrogen-bond acceptors (Lipinski definition) is 5. The van der Waals surface area contributed by atoms with Crippen molar-refractivity contribution in [2.24, 2.45) is 0 Å². The second-order valence-corrected chi connectivity index (χ2v) is 5.88. The largest absolute Gasteiger partial charge is 0.467 e. The molecule has 2 heterocycles. The van der Waals surface area contributed by atoms with Crippen LogP contribution < -0.4 is 5.32 Å². The fraction of sp³-hybridized carbons (Fsp3) is 0.571. The van der Waals surface area contributed by atoms with Gasteiger partial charge in [-0.1, -0.05) is 0 Å². The van der Waals surface area contributed by atoms with Crippen LogP contribution >= 0.6 is 11.8 Å². The zero-order chi connectivity index (χ0) is 14.2. The summed E-state index contributed by atoms with van der Waals surface area (Å²) in [6, 6.07) is 5.99. The van der Waals surface area contributed by atoms with Crippen LogP contribution in [0.1, 0.15) is 18.6 Å². The molecule has 1 fully saturated rings. The van der Waals surface area contributed by atoms with Crippen LogP contribution in [0, 0.1) is 11.3 Å². The minimum atomic E-state index is 0.0802. The number of rotatable bonds is 6. The fourth-order valence-electron chi connectivity index (χ4n) is 2.16. The van der Waals surface area contributed by atoms with Crippen molar-refractivity contribution in [3.63, 3.8) is 0 Å². The fourth-order valence-corrected chi connectivity index (χ4v) is 3.11. The Hall–Kier alpha value is -1.45. The van der Waals surface area contributed by atoms with Crippen LogP contribution in [0.2, 0.25) is 0 Å². The van der Waals surface area contributed by atoms with Crippen LogP contribution in [0.5, 0.6) is 0 Å². The van der Waals surface area contributed by atoms with E-state index in [1.54, 1.807) is 11.2 Å². The van der Waals surface area contributed by atoms with Crippen molar-refractivity contribution in [2.75, 3.05) is 24.6 Å². The molecule has 6 heteroatoms. The number of furan rings is 1. The molecule has 1 amide bonds. The van der Waals surface area contributed by atoms with Crippen molar-refractivity contribution < 1.29 is 9.21 Å². The van der Waals surface area contributed by atoms with Crippen LogP contribution in [0.3, 0.4) is 0 Å². The maximum atomic E-state index is 12.4. The lowest BCUT2D eigenvalue weighted by atomic mass is 10.2. The van der Waals surface area contributed by atoms with Gasteiger partial charge < -0.3 is 14.6 Å². The molecule has 1 aromatic heterocycles. The summed E-state index contributed by atoms with van der Waals surface area (Å²) in [5, 5.41) is 12.1. The number of amides is 1. The zero-order valence-electron chi connectivity index (χ0n) is 11.4. The number of nitrogens with zero attached hydrogens (tertiary/aromatic N) is 2. The van der Waals surface area contributed by atoms with Gasteiger partial charge in [0.1, 0.15) is 5.76 Å². The van der Waals surface area contributed by atoms with E-state index in [2.05, 4.69) is 11.4 Å². The molecular weight excluding hydrogens is 274 g/mol. The van der Waals surface area contributed by atoms with Crippen molar-refractivity contribution in [2.45, 2.75) is 25.4 Å². The van der Waals surface area contributed by atoms with Crippen molar-refractivity contribution in [1.29, 1.82) is 5.26 Å². The van der Waals surface area contributed by atoms with Crippen LogP contribution in [0.4, 0.5) is 0 Å². The van der Waals surface area contributed by atoms with E-state index in [0.717, 1.165) is 23.8 Å². The first kappa shape index (κ1) is 14.9. The van der Waals surface area contributed by atoms with Crippen molar-refractivity contribution in [3.8, 4) is 6.07 Å². The summed E-state index contributed by atoms with van der Waals surface area (Å²) in [5.74, 6) is 2.91. The van der Waals surface area contributed by atoms with E-state index >= 15 is 0 Å². The summed E-state index contributed by atoms with van der Waals surface area (Å²) in [6.07, 6.45) is 2.43. The molecule has 1 aromatic rings.